The van der Waals surface area contributed by atoms with Crippen molar-refractivity contribution in [2.24, 2.45) is 17.8 Å². The topological polar surface area (TPSA) is 101 Å². The smallest absolute Gasteiger partial charge is 0.307 e. The number of benzene rings is 1. The number of carbonyl (C=O) groups is 2. The van der Waals surface area contributed by atoms with Crippen molar-refractivity contribution >= 4 is 17.8 Å². The van der Waals surface area contributed by atoms with Crippen molar-refractivity contribution in [2.45, 2.75) is 46.5 Å². The number of hydrogen-bond donors (Lipinski definition) is 2. The minimum absolute atomic E-state index is 0.0126. The van der Waals surface area contributed by atoms with E-state index in [1.54, 1.807) is 17.0 Å². The molecule has 2 amide bonds. The number of nitrogens with one attached hydrogen (secondary N) is 1. The quantitative estimate of drug-likeness (QED) is 0.510. The molecule has 1 aromatic rings. The van der Waals surface area contributed by atoms with E-state index in [4.69, 9.17) is 9.84 Å². The monoisotopic (exact) mass is 402 g/mol. The Morgan fingerprint density at radius 3 is 2.38 bits per heavy atom. The van der Waals surface area contributed by atoms with Crippen LogP contribution < -0.4 is 10.1 Å². The Morgan fingerprint density at radius 1 is 1.21 bits per heavy atom. The number of hydrogen-bond acceptors (Lipinski definition) is 3. The first-order chi connectivity index (χ1) is 13.8. The van der Waals surface area contributed by atoms with Crippen LogP contribution in [0.15, 0.2) is 24.3 Å². The summed E-state index contributed by atoms with van der Waals surface area (Å²) >= 11 is 0. The molecule has 1 saturated heterocycles. The molecule has 1 aliphatic rings. The van der Waals surface area contributed by atoms with E-state index < -0.39 is 5.97 Å². The highest BCUT2D eigenvalue weighted by atomic mass is 16.5. The van der Waals surface area contributed by atoms with Gasteiger partial charge in [-0.1, -0.05) is 38.7 Å². The van der Waals surface area contributed by atoms with Gasteiger partial charge in [-0.3, -0.25) is 9.59 Å². The molecule has 1 aliphatic heterocycles. The van der Waals surface area contributed by atoms with E-state index in [2.05, 4.69) is 12.2 Å². The van der Waals surface area contributed by atoms with Crippen molar-refractivity contribution in [2.75, 3.05) is 19.7 Å². The fourth-order valence-corrected chi connectivity index (χ4v) is 3.48. The summed E-state index contributed by atoms with van der Waals surface area (Å²) in [6, 6.07) is 6.95. The largest absolute Gasteiger partial charge is 0.494 e. The molecule has 7 heteroatoms. The lowest BCUT2D eigenvalue weighted by molar-refractivity contribution is -0.136. The number of carboxylic acids is 1. The zero-order valence-electron chi connectivity index (χ0n) is 17.6. The van der Waals surface area contributed by atoms with Crippen LogP contribution in [-0.2, 0) is 11.2 Å². The second kappa shape index (κ2) is 10.8. The van der Waals surface area contributed by atoms with Gasteiger partial charge in [-0.05, 0) is 54.7 Å². The summed E-state index contributed by atoms with van der Waals surface area (Å²) in [6.07, 6.45) is 2.83. The van der Waals surface area contributed by atoms with E-state index in [1.807, 2.05) is 26.0 Å². The summed E-state index contributed by atoms with van der Waals surface area (Å²) in [4.78, 5) is 24.7. The lowest BCUT2D eigenvalue weighted by Crippen LogP contribution is -2.47. The van der Waals surface area contributed by atoms with Gasteiger partial charge in [0, 0.05) is 13.1 Å². The number of likely N-dealkylation sites (tertiary alicyclic amines) is 1. The maximum absolute atomic E-state index is 12.2. The minimum atomic E-state index is -0.842. The normalized spacial score (nSPS) is 15.8. The van der Waals surface area contributed by atoms with Crippen LogP contribution in [0, 0.1) is 17.8 Å². The van der Waals surface area contributed by atoms with Crippen LogP contribution in [0.5, 0.6) is 5.75 Å². The zero-order valence-corrected chi connectivity index (χ0v) is 17.6. The third-order valence-electron chi connectivity index (χ3n) is 5.53. The number of nitrogens with zero attached hydrogens (tertiary/aromatic N) is 2. The molecule has 1 atom stereocenters. The van der Waals surface area contributed by atoms with Crippen LogP contribution in [0.4, 0.5) is 4.79 Å². The van der Waals surface area contributed by atoms with Gasteiger partial charge in [0.05, 0.1) is 13.0 Å². The van der Waals surface area contributed by atoms with Gasteiger partial charge in [-0.15, -0.1) is 0 Å². The second-order valence-electron chi connectivity index (χ2n) is 8.12. The highest BCUT2D eigenvalue weighted by Gasteiger charge is 2.25. The molecular weight excluding hydrogens is 370 g/mol. The summed E-state index contributed by atoms with van der Waals surface area (Å²) in [5.74, 6) is 0.860. The molecule has 7 nitrogen and oxygen atoms in total. The Hall–Kier alpha value is -2.57. The van der Waals surface area contributed by atoms with Gasteiger partial charge in [-0.2, -0.15) is 0 Å². The molecule has 0 spiro atoms. The first-order valence-corrected chi connectivity index (χ1v) is 10.3. The van der Waals surface area contributed by atoms with Crippen LogP contribution in [0.3, 0.4) is 0 Å². The number of carbonyl (C=O) groups excluding carboxylic acids is 1. The van der Waals surface area contributed by atoms with Gasteiger partial charge in [0.15, 0.2) is 0 Å². The molecule has 1 aromatic carbocycles. The molecule has 2 rings (SSSR count). The zero-order chi connectivity index (χ0) is 21.4. The predicted molar refractivity (Wildman–Crippen MR) is 113 cm³/mol. The summed E-state index contributed by atoms with van der Waals surface area (Å²) in [6.45, 7) is 7.87. The molecule has 0 aliphatic carbocycles. The number of amides is 2. The molecule has 29 heavy (non-hydrogen) atoms. The first-order valence-electron chi connectivity index (χ1n) is 10.3. The molecule has 0 saturated carbocycles. The number of aliphatic carboxylic acids is 1. The predicted octanol–water partition coefficient (Wildman–Crippen LogP) is 3.76. The average Bonchev–Trinajstić information content (AvgIpc) is 2.68. The van der Waals surface area contributed by atoms with E-state index in [0.717, 1.165) is 30.6 Å². The van der Waals surface area contributed by atoms with Crippen molar-refractivity contribution < 1.29 is 19.4 Å². The molecule has 2 N–H and O–H groups in total. The van der Waals surface area contributed by atoms with E-state index in [9.17, 15) is 15.0 Å². The lowest BCUT2D eigenvalue weighted by atomic mass is 9.84. The average molecular weight is 403 g/mol. The number of amidine groups is 1. The van der Waals surface area contributed by atoms with Crippen LogP contribution >= 0.6 is 0 Å². The van der Waals surface area contributed by atoms with Crippen LogP contribution in [0.2, 0.25) is 0 Å². The molecular formula is C22H32N3O4-. The Bertz CT molecular complexity index is 695. The fraction of sp³-hybridized carbons (Fsp3) is 0.591. The van der Waals surface area contributed by atoms with Crippen molar-refractivity contribution in [3.05, 3.63) is 35.2 Å². The molecule has 0 unspecified atom stereocenters. The number of ether oxygens (including phenoxy) is 1. The van der Waals surface area contributed by atoms with Gasteiger partial charge in [0.2, 0.25) is 6.03 Å². The van der Waals surface area contributed by atoms with E-state index in [-0.39, 0.29) is 24.2 Å². The number of urea groups is 1. The molecule has 0 bridgehead atoms. The van der Waals surface area contributed by atoms with Gasteiger partial charge in [0.1, 0.15) is 5.75 Å². The van der Waals surface area contributed by atoms with Crippen LogP contribution in [0.1, 0.15) is 45.6 Å². The van der Waals surface area contributed by atoms with Crippen molar-refractivity contribution in [3.63, 3.8) is 0 Å². The number of piperidine rings is 1. The van der Waals surface area contributed by atoms with E-state index >= 15 is 0 Å². The highest BCUT2D eigenvalue weighted by Crippen LogP contribution is 2.27. The Balaban J connectivity index is 1.69. The third kappa shape index (κ3) is 7.40. The van der Waals surface area contributed by atoms with E-state index in [1.165, 1.54) is 0 Å². The van der Waals surface area contributed by atoms with E-state index in [0.29, 0.717) is 31.5 Å². The molecule has 1 heterocycles. The van der Waals surface area contributed by atoms with Gasteiger partial charge < -0.3 is 25.5 Å². The van der Waals surface area contributed by atoms with Crippen molar-refractivity contribution in [1.29, 1.82) is 0 Å². The summed E-state index contributed by atoms with van der Waals surface area (Å²) in [5, 5.41) is 21.1. The Morgan fingerprint density at radius 2 is 1.83 bits per heavy atom. The maximum Gasteiger partial charge on any atom is 0.307 e. The number of rotatable bonds is 8. The SMILES string of the molecule is CC(C)C(=[N-])NC(=O)N1CCC([C@H](C)CCOc2ccc(CC(=O)O)cc2)CC1. The third-order valence-corrected chi connectivity index (χ3v) is 5.53. The Labute approximate surface area is 172 Å². The van der Waals surface area contributed by atoms with Gasteiger partial charge in [-0.25, -0.2) is 0 Å². The Kier molecular flexibility index (Phi) is 8.49. The molecule has 160 valence electrons. The standard InChI is InChI=1S/C22H32N3O4/c1-15(2)21(23)24-22(28)25-11-8-18(9-12-25)16(3)10-13-29-19-6-4-17(5-7-19)14-20(26)27/h4-7,15-16,18H,8-14H2,1-3H3,(H2-,23,24,26,27,28)/q-1/t16-/m1/s1. The molecule has 1 fully saturated rings. The number of carboxylic acid groups (broad SMARTS) is 1. The fourth-order valence-electron chi connectivity index (χ4n) is 3.48. The summed E-state index contributed by atoms with van der Waals surface area (Å²) in [7, 11) is 0. The first kappa shape index (κ1) is 22.7. The van der Waals surface area contributed by atoms with Gasteiger partial charge in [0.25, 0.3) is 0 Å². The van der Waals surface area contributed by atoms with Crippen molar-refractivity contribution in [3.8, 4) is 5.75 Å². The van der Waals surface area contributed by atoms with Crippen molar-refractivity contribution in [1.82, 2.24) is 10.2 Å². The minimum Gasteiger partial charge on any atom is -0.494 e. The van der Waals surface area contributed by atoms with Crippen LogP contribution in [-0.4, -0.2) is 47.5 Å². The second-order valence-corrected chi connectivity index (χ2v) is 8.12. The summed E-state index contributed by atoms with van der Waals surface area (Å²) < 4.78 is 5.80. The maximum atomic E-state index is 12.2. The van der Waals surface area contributed by atoms with Gasteiger partial charge >= 0.3 is 5.97 Å². The van der Waals surface area contributed by atoms with Crippen LogP contribution in [0.25, 0.3) is 5.41 Å². The highest BCUT2D eigenvalue weighted by molar-refractivity contribution is 6.00. The lowest BCUT2D eigenvalue weighted by Gasteiger charge is -2.37. The molecule has 0 radical (unpaired) electrons. The molecule has 0 aromatic heterocycles. The summed E-state index contributed by atoms with van der Waals surface area (Å²) in [5.41, 5.74) is 0.758.